The highest BCUT2D eigenvalue weighted by molar-refractivity contribution is 7.07. The molecule has 1 fully saturated rings. The quantitative estimate of drug-likeness (QED) is 0.854. The second-order valence-corrected chi connectivity index (χ2v) is 5.90. The van der Waals surface area contributed by atoms with Gasteiger partial charge < -0.3 is 9.75 Å². The number of hydrogen-bond acceptors (Lipinski definition) is 4. The molecule has 20 heavy (non-hydrogen) atoms. The van der Waals surface area contributed by atoms with Gasteiger partial charge in [0, 0.05) is 16.1 Å². The minimum atomic E-state index is 0.729. The minimum Gasteiger partial charge on any atom is -0.378 e. The van der Waals surface area contributed by atoms with Crippen molar-refractivity contribution in [3.05, 3.63) is 45.2 Å². The second kappa shape index (κ2) is 5.99. The summed E-state index contributed by atoms with van der Waals surface area (Å²) in [7, 11) is 0. The van der Waals surface area contributed by atoms with Crippen LogP contribution in [0.2, 0.25) is 5.02 Å². The van der Waals surface area contributed by atoms with Crippen molar-refractivity contribution in [3.8, 4) is 0 Å². The van der Waals surface area contributed by atoms with Crippen LogP contribution in [-0.2, 0) is 4.74 Å². The van der Waals surface area contributed by atoms with E-state index in [9.17, 15) is 0 Å². The summed E-state index contributed by atoms with van der Waals surface area (Å²) < 4.78 is 7.59. The summed E-state index contributed by atoms with van der Waals surface area (Å²) in [6.07, 6.45) is 0. The van der Waals surface area contributed by atoms with Crippen LogP contribution < -0.4 is 9.81 Å². The summed E-state index contributed by atoms with van der Waals surface area (Å²) in [5.41, 5.74) is 2.11. The average Bonchev–Trinajstić information content (AvgIpc) is 2.83. The number of aryl methyl sites for hydroxylation is 1. The second-order valence-electron chi connectivity index (χ2n) is 4.63. The van der Waals surface area contributed by atoms with Crippen molar-refractivity contribution in [1.82, 2.24) is 4.68 Å². The first-order valence-corrected chi connectivity index (χ1v) is 7.80. The lowest BCUT2D eigenvalue weighted by Crippen LogP contribution is -2.48. The Balaban J connectivity index is 1.99. The van der Waals surface area contributed by atoms with E-state index >= 15 is 0 Å². The van der Waals surface area contributed by atoms with Crippen LogP contribution in [0.4, 0.5) is 5.69 Å². The van der Waals surface area contributed by atoms with Crippen molar-refractivity contribution in [2.45, 2.75) is 6.92 Å². The van der Waals surface area contributed by atoms with Gasteiger partial charge in [-0.15, -0.1) is 11.3 Å². The summed E-state index contributed by atoms with van der Waals surface area (Å²) in [6.45, 7) is 5.43. The van der Waals surface area contributed by atoms with Gasteiger partial charge in [0.15, 0.2) is 0 Å². The van der Waals surface area contributed by atoms with E-state index in [0.717, 1.165) is 41.8 Å². The Morgan fingerprint density at radius 3 is 2.60 bits per heavy atom. The zero-order valence-electron chi connectivity index (χ0n) is 11.3. The third-order valence-electron chi connectivity index (χ3n) is 3.17. The number of benzene rings is 1. The minimum absolute atomic E-state index is 0.729. The number of aromatic nitrogens is 1. The Labute approximate surface area is 126 Å². The third kappa shape index (κ3) is 2.90. The monoisotopic (exact) mass is 309 g/mol. The number of hydrogen-bond donors (Lipinski definition) is 0. The number of nitrogens with zero attached hydrogens (tertiary/aromatic N) is 3. The summed E-state index contributed by atoms with van der Waals surface area (Å²) in [4.78, 5) is 5.70. The summed E-state index contributed by atoms with van der Waals surface area (Å²) in [5.74, 6) is 0. The highest BCUT2D eigenvalue weighted by atomic mass is 35.5. The van der Waals surface area contributed by atoms with Crippen LogP contribution in [0, 0.1) is 6.92 Å². The summed E-state index contributed by atoms with van der Waals surface area (Å²) >= 11 is 7.56. The maximum atomic E-state index is 5.91. The normalized spacial score (nSPS) is 16.7. The molecule has 0 amide bonds. The maximum Gasteiger partial charge on any atom is 0.209 e. The SMILES string of the molecule is Cc1csc(=Nc2ccc(Cl)cc2)n1N1CCOCC1. The van der Waals surface area contributed by atoms with E-state index in [1.54, 1.807) is 11.3 Å². The molecule has 0 radical (unpaired) electrons. The number of thiazole rings is 1. The molecule has 0 atom stereocenters. The predicted molar refractivity (Wildman–Crippen MR) is 82.5 cm³/mol. The molecular formula is C14H16ClN3OS. The van der Waals surface area contributed by atoms with E-state index in [4.69, 9.17) is 21.3 Å². The lowest BCUT2D eigenvalue weighted by Gasteiger charge is -2.30. The molecule has 1 aliphatic rings. The smallest absolute Gasteiger partial charge is 0.209 e. The number of morpholine rings is 1. The Kier molecular flexibility index (Phi) is 4.10. The van der Waals surface area contributed by atoms with Crippen LogP contribution in [-0.4, -0.2) is 31.0 Å². The van der Waals surface area contributed by atoms with Crippen molar-refractivity contribution in [2.24, 2.45) is 4.99 Å². The molecular weight excluding hydrogens is 294 g/mol. The molecule has 0 aliphatic carbocycles. The van der Waals surface area contributed by atoms with Gasteiger partial charge in [0.05, 0.1) is 32.0 Å². The lowest BCUT2D eigenvalue weighted by atomic mass is 10.3. The standard InChI is InChI=1S/C14H16ClN3OS/c1-11-10-20-14(16-13-4-2-12(15)3-5-13)18(11)17-6-8-19-9-7-17/h2-5,10H,6-9H2,1H3. The molecule has 1 aromatic heterocycles. The fourth-order valence-electron chi connectivity index (χ4n) is 2.19. The molecule has 106 valence electrons. The topological polar surface area (TPSA) is 29.8 Å². The molecule has 2 aromatic rings. The summed E-state index contributed by atoms with van der Waals surface area (Å²) in [5, 5.41) is 5.14. The van der Waals surface area contributed by atoms with E-state index in [1.807, 2.05) is 24.3 Å². The number of halogens is 1. The molecule has 0 N–H and O–H groups in total. The first-order valence-electron chi connectivity index (χ1n) is 6.54. The lowest BCUT2D eigenvalue weighted by molar-refractivity contribution is 0.110. The zero-order chi connectivity index (χ0) is 13.9. The highest BCUT2D eigenvalue weighted by Gasteiger charge is 2.14. The molecule has 1 aliphatic heterocycles. The first kappa shape index (κ1) is 13.7. The van der Waals surface area contributed by atoms with Gasteiger partial charge in [-0.3, -0.25) is 0 Å². The molecule has 4 nitrogen and oxygen atoms in total. The van der Waals surface area contributed by atoms with Crippen molar-refractivity contribution in [2.75, 3.05) is 31.3 Å². The fraction of sp³-hybridized carbons (Fsp3) is 0.357. The van der Waals surface area contributed by atoms with Crippen LogP contribution in [0.3, 0.4) is 0 Å². The fourth-order valence-corrected chi connectivity index (χ4v) is 3.21. The van der Waals surface area contributed by atoms with E-state index < -0.39 is 0 Å². The van der Waals surface area contributed by atoms with Gasteiger partial charge in [-0.05, 0) is 31.2 Å². The number of rotatable bonds is 2. The molecule has 6 heteroatoms. The first-order chi connectivity index (χ1) is 9.74. The van der Waals surface area contributed by atoms with Crippen LogP contribution in [0.5, 0.6) is 0 Å². The van der Waals surface area contributed by atoms with Crippen LogP contribution >= 0.6 is 22.9 Å². The molecule has 2 heterocycles. The van der Waals surface area contributed by atoms with Gasteiger partial charge >= 0.3 is 0 Å². The molecule has 3 rings (SSSR count). The van der Waals surface area contributed by atoms with Crippen LogP contribution in [0.25, 0.3) is 0 Å². The highest BCUT2D eigenvalue weighted by Crippen LogP contribution is 2.16. The Hall–Kier alpha value is -1.30. The Morgan fingerprint density at radius 1 is 1.20 bits per heavy atom. The van der Waals surface area contributed by atoms with Gasteiger partial charge in [-0.1, -0.05) is 11.6 Å². The molecule has 0 unspecified atom stereocenters. The van der Waals surface area contributed by atoms with Gasteiger partial charge in [-0.2, -0.15) is 0 Å². The van der Waals surface area contributed by atoms with E-state index in [-0.39, 0.29) is 0 Å². The van der Waals surface area contributed by atoms with Crippen molar-refractivity contribution >= 4 is 28.6 Å². The number of ether oxygens (including phenoxy) is 1. The Morgan fingerprint density at radius 2 is 1.90 bits per heavy atom. The molecule has 1 saturated heterocycles. The maximum absolute atomic E-state index is 5.91. The van der Waals surface area contributed by atoms with Gasteiger partial charge in [-0.25, -0.2) is 9.67 Å². The molecule has 0 bridgehead atoms. The van der Waals surface area contributed by atoms with Crippen molar-refractivity contribution in [1.29, 1.82) is 0 Å². The third-order valence-corrected chi connectivity index (χ3v) is 4.36. The Bertz CT molecular complexity index is 641. The molecule has 1 aromatic carbocycles. The predicted octanol–water partition coefficient (Wildman–Crippen LogP) is 2.71. The van der Waals surface area contributed by atoms with Crippen LogP contribution in [0.15, 0.2) is 34.6 Å². The van der Waals surface area contributed by atoms with E-state index in [0.29, 0.717) is 0 Å². The van der Waals surface area contributed by atoms with Crippen LogP contribution in [0.1, 0.15) is 5.69 Å². The summed E-state index contributed by atoms with van der Waals surface area (Å²) in [6, 6.07) is 7.59. The van der Waals surface area contributed by atoms with Crippen molar-refractivity contribution < 1.29 is 4.74 Å². The molecule has 0 spiro atoms. The average molecular weight is 310 g/mol. The van der Waals surface area contributed by atoms with Gasteiger partial charge in [0.25, 0.3) is 0 Å². The van der Waals surface area contributed by atoms with Gasteiger partial charge in [0.2, 0.25) is 4.80 Å². The van der Waals surface area contributed by atoms with Gasteiger partial charge in [0.1, 0.15) is 0 Å². The van der Waals surface area contributed by atoms with E-state index in [2.05, 4.69) is 22.0 Å². The van der Waals surface area contributed by atoms with Crippen molar-refractivity contribution in [3.63, 3.8) is 0 Å². The largest absolute Gasteiger partial charge is 0.378 e. The molecule has 0 saturated carbocycles. The van der Waals surface area contributed by atoms with E-state index in [1.165, 1.54) is 5.69 Å². The zero-order valence-corrected chi connectivity index (χ0v) is 12.8.